The van der Waals surface area contributed by atoms with Gasteiger partial charge in [-0.15, -0.1) is 11.6 Å². The SMILES string of the molecule is CC(=O)O[C@@H](CO)COc1ccc(C(C)(C)c2ccc(OC[C@@H](O)CCl)cc2)cc1. The van der Waals surface area contributed by atoms with Gasteiger partial charge in [-0.25, -0.2) is 0 Å². The monoisotopic (exact) mass is 436 g/mol. The average molecular weight is 437 g/mol. The van der Waals surface area contributed by atoms with Crippen LogP contribution in [0, 0.1) is 0 Å². The number of carbonyl (C=O) groups excluding carboxylic acids is 1. The number of aliphatic hydroxyl groups is 2. The largest absolute Gasteiger partial charge is 0.491 e. The highest BCUT2D eigenvalue weighted by atomic mass is 35.5. The van der Waals surface area contributed by atoms with Crippen molar-refractivity contribution in [3.8, 4) is 11.5 Å². The topological polar surface area (TPSA) is 85.2 Å². The van der Waals surface area contributed by atoms with E-state index in [2.05, 4.69) is 13.8 Å². The van der Waals surface area contributed by atoms with E-state index in [1.54, 1.807) is 0 Å². The third kappa shape index (κ3) is 6.90. The first-order valence-corrected chi connectivity index (χ1v) is 10.3. The maximum absolute atomic E-state index is 11.0. The smallest absolute Gasteiger partial charge is 0.303 e. The molecule has 2 atom stereocenters. The maximum atomic E-state index is 11.0. The molecule has 0 aliphatic carbocycles. The van der Waals surface area contributed by atoms with Gasteiger partial charge < -0.3 is 24.4 Å². The molecule has 7 heteroatoms. The van der Waals surface area contributed by atoms with Gasteiger partial charge >= 0.3 is 5.97 Å². The molecule has 6 nitrogen and oxygen atoms in total. The Morgan fingerprint density at radius 3 is 1.83 bits per heavy atom. The lowest BCUT2D eigenvalue weighted by Gasteiger charge is -2.26. The third-order valence-electron chi connectivity index (χ3n) is 4.74. The summed E-state index contributed by atoms with van der Waals surface area (Å²) >= 11 is 5.57. The Kier molecular flexibility index (Phi) is 8.96. The Morgan fingerprint density at radius 2 is 1.43 bits per heavy atom. The summed E-state index contributed by atoms with van der Waals surface area (Å²) in [7, 11) is 0. The molecule has 0 heterocycles. The number of rotatable bonds is 11. The minimum atomic E-state index is -0.690. The van der Waals surface area contributed by atoms with E-state index in [9.17, 15) is 15.0 Å². The van der Waals surface area contributed by atoms with Crippen LogP contribution in [0.15, 0.2) is 48.5 Å². The summed E-state index contributed by atoms with van der Waals surface area (Å²) in [5.74, 6) is 0.978. The molecule has 0 fully saturated rings. The van der Waals surface area contributed by atoms with Crippen molar-refractivity contribution in [1.82, 2.24) is 0 Å². The molecule has 2 aromatic rings. The number of hydrogen-bond donors (Lipinski definition) is 2. The summed E-state index contributed by atoms with van der Waals surface area (Å²) in [6, 6.07) is 15.4. The summed E-state index contributed by atoms with van der Waals surface area (Å²) in [6.07, 6.45) is -1.38. The fraction of sp³-hybridized carbons (Fsp3) is 0.435. The summed E-state index contributed by atoms with van der Waals surface area (Å²) in [6.45, 7) is 5.48. The first kappa shape index (κ1) is 24.0. The van der Waals surface area contributed by atoms with Crippen LogP contribution in [0.2, 0.25) is 0 Å². The lowest BCUT2D eigenvalue weighted by Crippen LogP contribution is -2.27. The van der Waals surface area contributed by atoms with Gasteiger partial charge in [-0.05, 0) is 35.4 Å². The molecule has 0 aliphatic rings. The Hall–Kier alpha value is -2.28. The molecule has 0 unspecified atom stereocenters. The second-order valence-electron chi connectivity index (χ2n) is 7.52. The van der Waals surface area contributed by atoms with Crippen LogP contribution in [0.4, 0.5) is 0 Å². The molecule has 0 saturated carbocycles. The highest BCUT2D eigenvalue weighted by molar-refractivity contribution is 6.18. The van der Waals surface area contributed by atoms with Gasteiger partial charge in [-0.3, -0.25) is 4.79 Å². The summed E-state index contributed by atoms with van der Waals surface area (Å²) in [5, 5.41) is 18.7. The minimum absolute atomic E-state index is 0.0820. The molecule has 0 spiro atoms. The number of hydrogen-bond acceptors (Lipinski definition) is 6. The number of ether oxygens (including phenoxy) is 3. The van der Waals surface area contributed by atoms with E-state index in [0.717, 1.165) is 11.1 Å². The third-order valence-corrected chi connectivity index (χ3v) is 5.10. The van der Waals surface area contributed by atoms with Crippen LogP contribution in [0.3, 0.4) is 0 Å². The summed E-state index contributed by atoms with van der Waals surface area (Å²) in [5.41, 5.74) is 1.95. The summed E-state index contributed by atoms with van der Waals surface area (Å²) in [4.78, 5) is 11.0. The van der Waals surface area contributed by atoms with Gasteiger partial charge in [-0.1, -0.05) is 38.1 Å². The second kappa shape index (κ2) is 11.2. The van der Waals surface area contributed by atoms with Gasteiger partial charge in [0.15, 0.2) is 6.10 Å². The Morgan fingerprint density at radius 1 is 0.967 bits per heavy atom. The van der Waals surface area contributed by atoms with Crippen LogP contribution in [0.1, 0.15) is 31.9 Å². The molecule has 2 rings (SSSR count). The normalized spacial score (nSPS) is 13.4. The number of esters is 1. The van der Waals surface area contributed by atoms with Gasteiger partial charge in [0.1, 0.15) is 30.8 Å². The van der Waals surface area contributed by atoms with E-state index < -0.39 is 18.2 Å². The Balaban J connectivity index is 2.01. The molecular formula is C23H29ClO6. The average Bonchev–Trinajstić information content (AvgIpc) is 2.75. The lowest BCUT2D eigenvalue weighted by atomic mass is 9.78. The minimum Gasteiger partial charge on any atom is -0.491 e. The van der Waals surface area contributed by atoms with E-state index in [-0.39, 0.29) is 31.1 Å². The molecule has 2 aromatic carbocycles. The molecular weight excluding hydrogens is 408 g/mol. The Labute approximate surface area is 182 Å². The highest BCUT2D eigenvalue weighted by Gasteiger charge is 2.23. The number of alkyl halides is 1. The standard InChI is InChI=1S/C23H29ClO6/c1-16(26)30-22(13-25)15-29-21-10-6-18(7-11-21)23(2,3)17-4-8-20(9-5-17)28-14-19(27)12-24/h4-11,19,22,25,27H,12-15H2,1-3H3/t19-,22-/m0/s1. The molecule has 0 amide bonds. The van der Waals surface area contributed by atoms with Gasteiger partial charge in [0.2, 0.25) is 0 Å². The number of halogens is 1. The van der Waals surface area contributed by atoms with E-state index in [1.807, 2.05) is 48.5 Å². The van der Waals surface area contributed by atoms with Crippen molar-refractivity contribution in [3.63, 3.8) is 0 Å². The predicted octanol–water partition coefficient (Wildman–Crippen LogP) is 3.29. The van der Waals surface area contributed by atoms with E-state index in [1.165, 1.54) is 6.92 Å². The van der Waals surface area contributed by atoms with Crippen molar-refractivity contribution in [2.75, 3.05) is 25.7 Å². The molecule has 0 saturated heterocycles. The quantitative estimate of drug-likeness (QED) is 0.415. The van der Waals surface area contributed by atoms with Crippen LogP contribution < -0.4 is 9.47 Å². The van der Waals surface area contributed by atoms with E-state index in [0.29, 0.717) is 11.5 Å². The fourth-order valence-corrected chi connectivity index (χ4v) is 2.98. The number of carbonyl (C=O) groups is 1. The molecule has 164 valence electrons. The van der Waals surface area contributed by atoms with Crippen LogP contribution in [-0.4, -0.2) is 54.1 Å². The molecule has 2 N–H and O–H groups in total. The van der Waals surface area contributed by atoms with E-state index in [4.69, 9.17) is 25.8 Å². The summed E-state index contributed by atoms with van der Waals surface area (Å²) < 4.78 is 16.1. The fourth-order valence-electron chi connectivity index (χ4n) is 2.89. The molecule has 0 radical (unpaired) electrons. The zero-order valence-electron chi connectivity index (χ0n) is 17.5. The number of aliphatic hydroxyl groups excluding tert-OH is 2. The zero-order chi connectivity index (χ0) is 22.1. The number of benzene rings is 2. The Bertz CT molecular complexity index is 788. The van der Waals surface area contributed by atoms with E-state index >= 15 is 0 Å². The highest BCUT2D eigenvalue weighted by Crippen LogP contribution is 2.33. The van der Waals surface area contributed by atoms with Crippen molar-refractivity contribution in [2.24, 2.45) is 0 Å². The lowest BCUT2D eigenvalue weighted by molar-refractivity contribution is -0.150. The van der Waals surface area contributed by atoms with Crippen LogP contribution in [0.25, 0.3) is 0 Å². The maximum Gasteiger partial charge on any atom is 0.303 e. The van der Waals surface area contributed by atoms with Gasteiger partial charge in [0, 0.05) is 12.3 Å². The van der Waals surface area contributed by atoms with Crippen molar-refractivity contribution < 1.29 is 29.2 Å². The van der Waals surface area contributed by atoms with Crippen molar-refractivity contribution in [1.29, 1.82) is 0 Å². The first-order chi connectivity index (χ1) is 14.3. The van der Waals surface area contributed by atoms with Crippen LogP contribution in [0.5, 0.6) is 11.5 Å². The van der Waals surface area contributed by atoms with Gasteiger partial charge in [-0.2, -0.15) is 0 Å². The molecule has 30 heavy (non-hydrogen) atoms. The molecule has 0 bridgehead atoms. The van der Waals surface area contributed by atoms with Crippen molar-refractivity contribution in [3.05, 3.63) is 59.7 Å². The van der Waals surface area contributed by atoms with Gasteiger partial charge in [0.25, 0.3) is 0 Å². The van der Waals surface area contributed by atoms with Crippen molar-refractivity contribution in [2.45, 2.75) is 38.4 Å². The van der Waals surface area contributed by atoms with Gasteiger partial charge in [0.05, 0.1) is 12.5 Å². The molecule has 0 aliphatic heterocycles. The van der Waals surface area contributed by atoms with Crippen molar-refractivity contribution >= 4 is 17.6 Å². The van der Waals surface area contributed by atoms with Crippen LogP contribution in [-0.2, 0) is 14.9 Å². The van der Waals surface area contributed by atoms with Crippen LogP contribution >= 0.6 is 11.6 Å². The zero-order valence-corrected chi connectivity index (χ0v) is 18.3. The molecule has 0 aromatic heterocycles. The predicted molar refractivity (Wildman–Crippen MR) is 115 cm³/mol. The first-order valence-electron chi connectivity index (χ1n) is 9.75. The second-order valence-corrected chi connectivity index (χ2v) is 7.83.